The van der Waals surface area contributed by atoms with Crippen LogP contribution in [0.5, 0.6) is 11.5 Å². The number of fused-ring (bicyclic) bond motifs is 1. The van der Waals surface area contributed by atoms with Crippen molar-refractivity contribution in [3.63, 3.8) is 0 Å². The van der Waals surface area contributed by atoms with E-state index in [9.17, 15) is 4.79 Å². The minimum Gasteiger partial charge on any atom is -0.495 e. The van der Waals surface area contributed by atoms with Gasteiger partial charge in [-0.05, 0) is 36.4 Å². The van der Waals surface area contributed by atoms with Gasteiger partial charge in [0.25, 0.3) is 5.91 Å². The van der Waals surface area contributed by atoms with Crippen LogP contribution < -0.4 is 14.8 Å². The number of carbonyl (C=O) groups excluding carboxylic acids is 1. The highest BCUT2D eigenvalue weighted by atomic mass is 32.1. The van der Waals surface area contributed by atoms with Crippen LogP contribution >= 0.6 is 11.3 Å². The van der Waals surface area contributed by atoms with E-state index in [0.717, 1.165) is 10.1 Å². The fraction of sp³-hybridized carbons (Fsp3) is 0.286. The number of methoxy groups -OCH3 is 1. The number of rotatable bonds is 5. The topological polar surface area (TPSA) is 102 Å². The molecule has 0 saturated carbocycles. The summed E-state index contributed by atoms with van der Waals surface area (Å²) >= 11 is 1.30. The Morgan fingerprint density at radius 3 is 2.87 bits per heavy atom. The maximum atomic E-state index is 12.5. The summed E-state index contributed by atoms with van der Waals surface area (Å²) in [7, 11) is 1.59. The molecule has 3 rings (SSSR count). The number of aromatic amines is 1. The number of tetrazole rings is 1. The van der Waals surface area contributed by atoms with Gasteiger partial charge in [-0.15, -0.1) is 11.3 Å². The largest absolute Gasteiger partial charge is 0.495 e. The van der Waals surface area contributed by atoms with Crippen LogP contribution in [0.2, 0.25) is 0 Å². The van der Waals surface area contributed by atoms with Crippen molar-refractivity contribution in [2.75, 3.05) is 12.4 Å². The zero-order chi connectivity index (χ0) is 16.4. The number of hydrogen-bond acceptors (Lipinski definition) is 7. The summed E-state index contributed by atoms with van der Waals surface area (Å²) in [5.74, 6) is 1.06. The third kappa shape index (κ3) is 2.95. The van der Waals surface area contributed by atoms with Gasteiger partial charge in [0.1, 0.15) is 10.6 Å². The molecule has 2 aromatic heterocycles. The number of benzene rings is 1. The molecule has 1 aromatic carbocycles. The molecule has 2 N–H and O–H groups in total. The van der Waals surface area contributed by atoms with Gasteiger partial charge in [0.05, 0.1) is 17.9 Å². The van der Waals surface area contributed by atoms with Crippen LogP contribution in [0.1, 0.15) is 23.5 Å². The lowest BCUT2D eigenvalue weighted by Crippen LogP contribution is -2.14. The van der Waals surface area contributed by atoms with Crippen LogP contribution in [-0.4, -0.2) is 39.7 Å². The van der Waals surface area contributed by atoms with Crippen molar-refractivity contribution in [3.8, 4) is 11.5 Å². The standard InChI is InChI=1S/C14H15N5O3S/c1-7(2)22-10-8-5-4-6-9(21-3)11(8)23-12(10)13(20)15-14-16-18-19-17-14/h4-7H,1-3H3,(H2,15,16,17,18,19,20). The van der Waals surface area contributed by atoms with Crippen molar-refractivity contribution in [2.24, 2.45) is 0 Å². The second-order valence-electron chi connectivity index (χ2n) is 4.97. The van der Waals surface area contributed by atoms with Gasteiger partial charge in [0, 0.05) is 5.39 Å². The van der Waals surface area contributed by atoms with E-state index < -0.39 is 0 Å². The maximum absolute atomic E-state index is 12.5. The summed E-state index contributed by atoms with van der Waals surface area (Å²) in [6.45, 7) is 3.82. The molecule has 0 atom stereocenters. The van der Waals surface area contributed by atoms with Crippen LogP contribution in [0.15, 0.2) is 18.2 Å². The second kappa shape index (κ2) is 6.21. The van der Waals surface area contributed by atoms with E-state index >= 15 is 0 Å². The summed E-state index contributed by atoms with van der Waals surface area (Å²) in [6.07, 6.45) is -0.0718. The van der Waals surface area contributed by atoms with Crippen molar-refractivity contribution < 1.29 is 14.3 Å². The van der Waals surface area contributed by atoms with Gasteiger partial charge >= 0.3 is 0 Å². The Hall–Kier alpha value is -2.68. The lowest BCUT2D eigenvalue weighted by atomic mass is 10.2. The van der Waals surface area contributed by atoms with Crippen LogP contribution in [0, 0.1) is 0 Å². The predicted octanol–water partition coefficient (Wildman–Crippen LogP) is 2.46. The van der Waals surface area contributed by atoms with E-state index in [1.165, 1.54) is 11.3 Å². The molecule has 0 spiro atoms. The Labute approximate surface area is 135 Å². The average molecular weight is 333 g/mol. The molecule has 0 fully saturated rings. The van der Waals surface area contributed by atoms with Crippen molar-refractivity contribution >= 4 is 33.3 Å². The highest BCUT2D eigenvalue weighted by Crippen LogP contribution is 2.43. The highest BCUT2D eigenvalue weighted by molar-refractivity contribution is 7.21. The number of H-pyrrole nitrogens is 1. The molecule has 120 valence electrons. The van der Waals surface area contributed by atoms with Gasteiger partial charge in [-0.2, -0.15) is 0 Å². The Kier molecular flexibility index (Phi) is 4.11. The molecule has 0 unspecified atom stereocenters. The molecule has 23 heavy (non-hydrogen) atoms. The molecule has 0 bridgehead atoms. The Morgan fingerprint density at radius 1 is 1.39 bits per heavy atom. The normalized spacial score (nSPS) is 11.0. The summed E-state index contributed by atoms with van der Waals surface area (Å²) in [5, 5.41) is 16.4. The van der Waals surface area contributed by atoms with E-state index in [0.29, 0.717) is 16.4 Å². The van der Waals surface area contributed by atoms with Crippen LogP contribution in [0.25, 0.3) is 10.1 Å². The molecule has 9 heteroatoms. The van der Waals surface area contributed by atoms with Crippen molar-refractivity contribution in [2.45, 2.75) is 20.0 Å². The number of aromatic nitrogens is 4. The highest BCUT2D eigenvalue weighted by Gasteiger charge is 2.23. The first-order valence-corrected chi connectivity index (χ1v) is 7.73. The maximum Gasteiger partial charge on any atom is 0.271 e. The molecule has 0 aliphatic heterocycles. The number of thiophene rings is 1. The predicted molar refractivity (Wildman–Crippen MR) is 86.3 cm³/mol. The van der Waals surface area contributed by atoms with E-state index in [1.54, 1.807) is 7.11 Å². The summed E-state index contributed by atoms with van der Waals surface area (Å²) in [6, 6.07) is 5.61. The van der Waals surface area contributed by atoms with E-state index in [1.807, 2.05) is 32.0 Å². The quantitative estimate of drug-likeness (QED) is 0.743. The lowest BCUT2D eigenvalue weighted by molar-refractivity contribution is 0.102. The smallest absolute Gasteiger partial charge is 0.271 e. The fourth-order valence-electron chi connectivity index (χ4n) is 2.11. The number of anilines is 1. The first kappa shape index (κ1) is 15.2. The van der Waals surface area contributed by atoms with Crippen LogP contribution in [0.4, 0.5) is 5.95 Å². The molecule has 0 aliphatic rings. The van der Waals surface area contributed by atoms with Gasteiger partial charge in [-0.1, -0.05) is 11.2 Å². The Balaban J connectivity index is 2.08. The van der Waals surface area contributed by atoms with Crippen molar-refractivity contribution in [3.05, 3.63) is 23.1 Å². The molecule has 0 saturated heterocycles. The molecule has 8 nitrogen and oxygen atoms in total. The number of nitrogens with one attached hydrogen (secondary N) is 2. The third-order valence-electron chi connectivity index (χ3n) is 2.99. The first-order chi connectivity index (χ1) is 11.1. The van der Waals surface area contributed by atoms with Gasteiger partial charge < -0.3 is 9.47 Å². The summed E-state index contributed by atoms with van der Waals surface area (Å²) in [4.78, 5) is 13.0. The number of amides is 1. The molecule has 3 aromatic rings. The van der Waals surface area contributed by atoms with Crippen LogP contribution in [-0.2, 0) is 0 Å². The van der Waals surface area contributed by atoms with E-state index in [2.05, 4.69) is 25.9 Å². The zero-order valence-corrected chi connectivity index (χ0v) is 13.6. The second-order valence-corrected chi connectivity index (χ2v) is 5.99. The number of carbonyl (C=O) groups is 1. The van der Waals surface area contributed by atoms with Crippen LogP contribution in [0.3, 0.4) is 0 Å². The third-order valence-corrected chi connectivity index (χ3v) is 4.19. The van der Waals surface area contributed by atoms with Crippen molar-refractivity contribution in [1.82, 2.24) is 20.6 Å². The van der Waals surface area contributed by atoms with Crippen molar-refractivity contribution in [1.29, 1.82) is 0 Å². The zero-order valence-electron chi connectivity index (χ0n) is 12.8. The minimum atomic E-state index is -0.345. The molecular weight excluding hydrogens is 318 g/mol. The summed E-state index contributed by atoms with van der Waals surface area (Å²) < 4.78 is 12.1. The fourth-order valence-corrected chi connectivity index (χ4v) is 3.23. The molecular formula is C14H15N5O3S. The Bertz CT molecular complexity index is 828. The molecule has 0 aliphatic carbocycles. The molecule has 0 radical (unpaired) electrons. The average Bonchev–Trinajstić information content (AvgIpc) is 3.14. The SMILES string of the molecule is COc1cccc2c(OC(C)C)c(C(=O)Nc3nnn[nH]3)sc12. The lowest BCUT2D eigenvalue weighted by Gasteiger charge is -2.11. The van der Waals surface area contributed by atoms with E-state index in [-0.39, 0.29) is 18.0 Å². The van der Waals surface area contributed by atoms with Gasteiger partial charge in [-0.25, -0.2) is 5.10 Å². The van der Waals surface area contributed by atoms with Gasteiger partial charge in [0.2, 0.25) is 5.95 Å². The van der Waals surface area contributed by atoms with E-state index in [4.69, 9.17) is 9.47 Å². The number of hydrogen-bond donors (Lipinski definition) is 2. The van der Waals surface area contributed by atoms with Gasteiger partial charge in [0.15, 0.2) is 5.75 Å². The minimum absolute atomic E-state index is 0.0718. The Morgan fingerprint density at radius 2 is 2.22 bits per heavy atom. The number of nitrogens with zero attached hydrogens (tertiary/aromatic N) is 3. The monoisotopic (exact) mass is 333 g/mol. The molecule has 2 heterocycles. The summed E-state index contributed by atoms with van der Waals surface area (Å²) in [5.41, 5.74) is 0. The van der Waals surface area contributed by atoms with Gasteiger partial charge in [-0.3, -0.25) is 10.1 Å². The molecule has 1 amide bonds. The first-order valence-electron chi connectivity index (χ1n) is 6.91. The number of ether oxygens (including phenoxy) is 2.